The summed E-state index contributed by atoms with van der Waals surface area (Å²) in [5, 5.41) is 0. The number of hydrogen-bond donors (Lipinski definition) is 0. The van der Waals surface area contributed by atoms with Gasteiger partial charge in [-0.3, -0.25) is 0 Å². The third-order valence-corrected chi connectivity index (χ3v) is 3.51. The van der Waals surface area contributed by atoms with E-state index in [1.807, 2.05) is 18.7 Å². The van der Waals surface area contributed by atoms with E-state index in [1.165, 1.54) is 38.5 Å². The van der Waals surface area contributed by atoms with E-state index in [2.05, 4.69) is 23.0 Å². The molecule has 0 aliphatic heterocycles. The van der Waals surface area contributed by atoms with Gasteiger partial charge in [-0.1, -0.05) is 52.4 Å². The zero-order chi connectivity index (χ0) is 21.6. The fraction of sp³-hybridized carbons (Fsp3) is 0.824. The Balaban J connectivity index is 0.000000887. The van der Waals surface area contributed by atoms with Gasteiger partial charge in [0.1, 0.15) is 12.4 Å². The van der Waals surface area contributed by atoms with Gasteiger partial charge in [0.2, 0.25) is 6.33 Å². The Labute approximate surface area is 163 Å². The van der Waals surface area contributed by atoms with Crippen LogP contribution >= 0.6 is 7.81 Å². The van der Waals surface area contributed by atoms with Crippen LogP contribution in [0.1, 0.15) is 65.2 Å². The van der Waals surface area contributed by atoms with Gasteiger partial charge in [0, 0.05) is 0 Å². The van der Waals surface area contributed by atoms with Crippen LogP contribution in [0.15, 0.2) is 18.7 Å². The van der Waals surface area contributed by atoms with Crippen molar-refractivity contribution in [1.29, 1.82) is 0 Å². The second-order valence-electron chi connectivity index (χ2n) is 6.60. The molecule has 0 radical (unpaired) electrons. The molecule has 0 N–H and O–H groups in total. The molecule has 0 saturated heterocycles. The molecule has 1 rings (SSSR count). The van der Waals surface area contributed by atoms with E-state index in [4.69, 9.17) is 9.47 Å². The summed E-state index contributed by atoms with van der Waals surface area (Å²) in [7, 11) is -10.7. The number of imidazole rings is 1. The second-order valence-corrected chi connectivity index (χ2v) is 8.51. The Morgan fingerprint density at radius 1 is 0.786 bits per heavy atom. The van der Waals surface area contributed by atoms with Gasteiger partial charge in [-0.05, 0) is 12.8 Å². The van der Waals surface area contributed by atoms with Gasteiger partial charge in [0.05, 0.1) is 13.2 Å². The quantitative estimate of drug-likeness (QED) is 0.131. The molecule has 0 aliphatic carbocycles. The molecule has 0 bridgehead atoms. The molecule has 0 spiro atoms. The zero-order valence-corrected chi connectivity index (χ0v) is 17.5. The Hall–Kier alpha value is -0.860. The van der Waals surface area contributed by atoms with Crippen LogP contribution in [0.25, 0.3) is 0 Å². The van der Waals surface area contributed by atoms with E-state index in [-0.39, 0.29) is 0 Å². The molecule has 1 heterocycles. The van der Waals surface area contributed by atoms with Crippen LogP contribution in [0.3, 0.4) is 0 Å². The molecular weight excluding hydrogens is 409 g/mol. The van der Waals surface area contributed by atoms with E-state index in [9.17, 15) is 25.2 Å². The molecule has 0 saturated carbocycles. The van der Waals surface area contributed by atoms with Crippen molar-refractivity contribution in [2.24, 2.45) is 0 Å². The SMILES string of the molecule is CCCCCCOCn1cc[n+](COCCCCCC)c1.F[P-](F)(F)(F)(F)F. The van der Waals surface area contributed by atoms with E-state index in [1.54, 1.807) is 0 Å². The fourth-order valence-corrected chi connectivity index (χ4v) is 2.19. The average molecular weight is 442 g/mol. The van der Waals surface area contributed by atoms with Crippen molar-refractivity contribution in [2.45, 2.75) is 78.7 Å². The molecule has 0 atom stereocenters. The molecule has 0 unspecified atom stereocenters. The zero-order valence-electron chi connectivity index (χ0n) is 16.6. The summed E-state index contributed by atoms with van der Waals surface area (Å²) < 4.78 is 74.6. The van der Waals surface area contributed by atoms with Crippen molar-refractivity contribution < 1.29 is 39.2 Å². The third kappa shape index (κ3) is 25.1. The summed E-state index contributed by atoms with van der Waals surface area (Å²) in [5.74, 6) is 0. The Morgan fingerprint density at radius 2 is 1.29 bits per heavy atom. The van der Waals surface area contributed by atoms with Gasteiger partial charge in [-0.25, -0.2) is 9.13 Å². The van der Waals surface area contributed by atoms with Crippen molar-refractivity contribution in [2.75, 3.05) is 13.2 Å². The van der Waals surface area contributed by atoms with Crippen molar-refractivity contribution in [3.05, 3.63) is 18.7 Å². The van der Waals surface area contributed by atoms with Gasteiger partial charge in [0.15, 0.2) is 13.5 Å². The average Bonchev–Trinajstić information content (AvgIpc) is 2.99. The first-order valence-electron chi connectivity index (χ1n) is 9.58. The van der Waals surface area contributed by atoms with Crippen molar-refractivity contribution in [3.8, 4) is 0 Å². The van der Waals surface area contributed by atoms with E-state index in [0.29, 0.717) is 13.5 Å². The number of hydrogen-bond acceptors (Lipinski definition) is 2. The van der Waals surface area contributed by atoms with Gasteiger partial charge in [-0.2, -0.15) is 0 Å². The predicted molar refractivity (Wildman–Crippen MR) is 98.4 cm³/mol. The van der Waals surface area contributed by atoms with Crippen molar-refractivity contribution in [3.63, 3.8) is 0 Å². The minimum atomic E-state index is -10.7. The summed E-state index contributed by atoms with van der Waals surface area (Å²) in [4.78, 5) is 0. The standard InChI is InChI=1S/C17H33N2O2.F6P/c1-3-5-7-9-13-20-16-18-11-12-19(15-18)17-21-14-10-8-6-4-2;1-7(2,3,4,5)6/h11-12,15H,3-10,13-14,16-17H2,1-2H3;/q+1;-1. The maximum atomic E-state index is 9.87. The van der Waals surface area contributed by atoms with Gasteiger partial charge >= 0.3 is 33.0 Å². The monoisotopic (exact) mass is 442 g/mol. The maximum absolute atomic E-state index is 10.7. The first-order chi connectivity index (χ1) is 12.8. The molecule has 0 amide bonds. The molecular formula is C17H33F6N2O2P. The normalized spacial score (nSPS) is 14.1. The van der Waals surface area contributed by atoms with Gasteiger partial charge < -0.3 is 9.47 Å². The third-order valence-electron chi connectivity index (χ3n) is 3.51. The summed E-state index contributed by atoms with van der Waals surface area (Å²) in [5.41, 5.74) is 0. The first-order valence-corrected chi connectivity index (χ1v) is 11.6. The second kappa shape index (κ2) is 12.0. The summed E-state index contributed by atoms with van der Waals surface area (Å²) in [6, 6.07) is 0. The van der Waals surface area contributed by atoms with Crippen LogP contribution in [0.5, 0.6) is 0 Å². The van der Waals surface area contributed by atoms with E-state index in [0.717, 1.165) is 26.1 Å². The van der Waals surface area contributed by atoms with E-state index < -0.39 is 7.81 Å². The van der Waals surface area contributed by atoms with Crippen LogP contribution in [-0.4, -0.2) is 17.8 Å². The van der Waals surface area contributed by atoms with Crippen LogP contribution in [0.4, 0.5) is 25.2 Å². The molecule has 1 aromatic heterocycles. The Kier molecular flexibility index (Phi) is 11.6. The number of halogens is 6. The van der Waals surface area contributed by atoms with E-state index >= 15 is 0 Å². The molecule has 1 aromatic rings. The van der Waals surface area contributed by atoms with Crippen LogP contribution in [-0.2, 0) is 22.9 Å². The predicted octanol–water partition coefficient (Wildman–Crippen LogP) is 7.27. The molecule has 11 heteroatoms. The van der Waals surface area contributed by atoms with Crippen LogP contribution < -0.4 is 4.57 Å². The Morgan fingerprint density at radius 3 is 1.79 bits per heavy atom. The van der Waals surface area contributed by atoms with Crippen molar-refractivity contribution in [1.82, 2.24) is 4.57 Å². The van der Waals surface area contributed by atoms with Crippen molar-refractivity contribution >= 4 is 7.81 Å². The van der Waals surface area contributed by atoms with Gasteiger partial charge in [0.25, 0.3) is 0 Å². The Bertz CT molecular complexity index is 480. The number of ether oxygens (including phenoxy) is 2. The molecule has 4 nitrogen and oxygen atoms in total. The topological polar surface area (TPSA) is 27.3 Å². The summed E-state index contributed by atoms with van der Waals surface area (Å²) in [6.45, 7) is 7.43. The number of nitrogens with zero attached hydrogens (tertiary/aromatic N) is 2. The number of aromatic nitrogens is 2. The molecule has 28 heavy (non-hydrogen) atoms. The van der Waals surface area contributed by atoms with Gasteiger partial charge in [-0.15, -0.1) is 0 Å². The fourth-order valence-electron chi connectivity index (χ4n) is 2.19. The van der Waals surface area contributed by atoms with Crippen LogP contribution in [0.2, 0.25) is 0 Å². The molecule has 0 fully saturated rings. The van der Waals surface area contributed by atoms with Crippen LogP contribution in [0, 0.1) is 0 Å². The molecule has 0 aromatic carbocycles. The molecule has 170 valence electrons. The minimum absolute atomic E-state index is 0.635. The number of rotatable bonds is 14. The molecule has 0 aliphatic rings. The summed E-state index contributed by atoms with van der Waals surface area (Å²) in [6.07, 6.45) is 16.1. The number of unbranched alkanes of at least 4 members (excludes halogenated alkanes) is 6. The first kappa shape index (κ1) is 27.1. The summed E-state index contributed by atoms with van der Waals surface area (Å²) >= 11 is 0.